The Morgan fingerprint density at radius 3 is 2.23 bits per heavy atom. The van der Waals surface area contributed by atoms with Crippen LogP contribution in [0, 0.1) is 0 Å². The molecule has 0 heterocycles. The van der Waals surface area contributed by atoms with E-state index in [1.54, 1.807) is 13.8 Å². The fourth-order valence-electron chi connectivity index (χ4n) is 0.859. The maximum Gasteiger partial charge on any atom is 0.214 e. The van der Waals surface area contributed by atoms with Gasteiger partial charge in [-0.15, -0.1) is 0 Å². The zero-order chi connectivity index (χ0) is 10.5. The molecule has 5 heteroatoms. The Morgan fingerprint density at radius 2 is 1.85 bits per heavy atom. The van der Waals surface area contributed by atoms with E-state index in [4.69, 9.17) is 0 Å². The number of hydrogen-bond donors (Lipinski definition) is 1. The molecular formula is C8H18BrNO2S. The van der Waals surface area contributed by atoms with E-state index in [2.05, 4.69) is 20.7 Å². The predicted octanol–water partition coefficient (Wildman–Crippen LogP) is 1.88. The zero-order valence-corrected chi connectivity index (χ0v) is 10.8. The fraction of sp³-hybridized carbons (Fsp3) is 1.00. The van der Waals surface area contributed by atoms with Crippen molar-refractivity contribution in [2.24, 2.45) is 0 Å². The highest BCUT2D eigenvalue weighted by atomic mass is 79.9. The Bertz CT molecular complexity index is 226. The first kappa shape index (κ1) is 13.4. The minimum absolute atomic E-state index is 0.0324. The van der Waals surface area contributed by atoms with Crippen molar-refractivity contribution >= 4 is 26.0 Å². The van der Waals surface area contributed by atoms with Gasteiger partial charge in [0.25, 0.3) is 0 Å². The number of hydrogen-bond acceptors (Lipinski definition) is 2. The van der Waals surface area contributed by atoms with E-state index in [1.807, 2.05) is 6.92 Å². The quantitative estimate of drug-likeness (QED) is 0.750. The molecule has 0 saturated heterocycles. The molecule has 0 aliphatic carbocycles. The molecule has 0 bridgehead atoms. The van der Waals surface area contributed by atoms with Crippen LogP contribution >= 0.6 is 15.9 Å². The Hall–Kier alpha value is 0.390. The van der Waals surface area contributed by atoms with E-state index in [-0.39, 0.29) is 11.3 Å². The highest BCUT2D eigenvalue weighted by molar-refractivity contribution is 9.09. The van der Waals surface area contributed by atoms with Gasteiger partial charge in [0, 0.05) is 11.4 Å². The average molecular weight is 272 g/mol. The molecule has 0 aromatic heterocycles. The van der Waals surface area contributed by atoms with Gasteiger partial charge in [-0.25, -0.2) is 13.1 Å². The lowest BCUT2D eigenvalue weighted by atomic mass is 10.2. The second kappa shape index (κ2) is 5.98. The van der Waals surface area contributed by atoms with E-state index in [0.717, 1.165) is 18.2 Å². The fourth-order valence-corrected chi connectivity index (χ4v) is 2.13. The first-order valence-electron chi connectivity index (χ1n) is 4.47. The Kier molecular flexibility index (Phi) is 6.16. The van der Waals surface area contributed by atoms with Crippen LogP contribution in [-0.4, -0.2) is 25.0 Å². The van der Waals surface area contributed by atoms with Crippen molar-refractivity contribution < 1.29 is 8.42 Å². The maximum atomic E-state index is 11.4. The molecular weight excluding hydrogens is 254 g/mol. The summed E-state index contributed by atoms with van der Waals surface area (Å²) >= 11 is 3.31. The molecule has 0 aromatic rings. The van der Waals surface area contributed by atoms with Crippen LogP contribution in [0.2, 0.25) is 0 Å². The van der Waals surface area contributed by atoms with Crippen LogP contribution < -0.4 is 4.72 Å². The van der Waals surface area contributed by atoms with E-state index in [1.165, 1.54) is 0 Å². The van der Waals surface area contributed by atoms with Gasteiger partial charge in [0.2, 0.25) is 10.0 Å². The van der Waals surface area contributed by atoms with E-state index in [0.29, 0.717) is 0 Å². The lowest BCUT2D eigenvalue weighted by Crippen LogP contribution is -2.37. The van der Waals surface area contributed by atoms with Gasteiger partial charge < -0.3 is 0 Å². The molecule has 1 unspecified atom stereocenters. The summed E-state index contributed by atoms with van der Waals surface area (Å²) in [6.07, 6.45) is 1.86. The first-order chi connectivity index (χ1) is 5.90. The number of nitrogens with one attached hydrogen (secondary N) is 1. The highest BCUT2D eigenvalue weighted by Crippen LogP contribution is 2.03. The smallest absolute Gasteiger partial charge is 0.212 e. The average Bonchev–Trinajstić information content (AvgIpc) is 1.99. The highest BCUT2D eigenvalue weighted by Gasteiger charge is 2.17. The minimum atomic E-state index is -3.09. The molecule has 13 heavy (non-hydrogen) atoms. The predicted molar refractivity (Wildman–Crippen MR) is 59.7 cm³/mol. The van der Waals surface area contributed by atoms with Crippen LogP contribution in [0.3, 0.4) is 0 Å². The van der Waals surface area contributed by atoms with Crippen LogP contribution in [0.4, 0.5) is 0 Å². The van der Waals surface area contributed by atoms with Gasteiger partial charge >= 0.3 is 0 Å². The van der Waals surface area contributed by atoms with Crippen molar-refractivity contribution in [2.45, 2.75) is 44.9 Å². The van der Waals surface area contributed by atoms with Crippen LogP contribution in [0.5, 0.6) is 0 Å². The third kappa shape index (κ3) is 5.65. The molecule has 0 spiro atoms. The van der Waals surface area contributed by atoms with Crippen molar-refractivity contribution in [2.75, 3.05) is 5.33 Å². The number of alkyl halides is 1. The zero-order valence-electron chi connectivity index (χ0n) is 8.38. The molecule has 1 N–H and O–H groups in total. The van der Waals surface area contributed by atoms with Gasteiger partial charge in [-0.3, -0.25) is 0 Å². The van der Waals surface area contributed by atoms with E-state index >= 15 is 0 Å². The summed E-state index contributed by atoms with van der Waals surface area (Å²) in [6.45, 7) is 5.25. The van der Waals surface area contributed by atoms with Gasteiger partial charge in [0.05, 0.1) is 5.25 Å². The molecule has 0 aromatic carbocycles. The van der Waals surface area contributed by atoms with Crippen LogP contribution in [0.25, 0.3) is 0 Å². The van der Waals surface area contributed by atoms with Crippen molar-refractivity contribution in [3.8, 4) is 0 Å². The first-order valence-corrected chi connectivity index (χ1v) is 7.14. The summed E-state index contributed by atoms with van der Waals surface area (Å²) in [5.74, 6) is 0. The monoisotopic (exact) mass is 271 g/mol. The molecule has 0 aliphatic rings. The lowest BCUT2D eigenvalue weighted by molar-refractivity contribution is 0.538. The van der Waals surface area contributed by atoms with Crippen molar-refractivity contribution in [1.82, 2.24) is 4.72 Å². The van der Waals surface area contributed by atoms with Gasteiger partial charge in [0.1, 0.15) is 0 Å². The second-order valence-electron chi connectivity index (χ2n) is 3.44. The van der Waals surface area contributed by atoms with Crippen LogP contribution in [0.15, 0.2) is 0 Å². The Balaban J connectivity index is 3.98. The minimum Gasteiger partial charge on any atom is -0.212 e. The lowest BCUT2D eigenvalue weighted by Gasteiger charge is -2.15. The summed E-state index contributed by atoms with van der Waals surface area (Å²) in [6, 6.07) is 0.0324. The van der Waals surface area contributed by atoms with E-state index in [9.17, 15) is 8.42 Å². The van der Waals surface area contributed by atoms with Crippen LogP contribution in [-0.2, 0) is 10.0 Å². The van der Waals surface area contributed by atoms with Crippen molar-refractivity contribution in [1.29, 1.82) is 0 Å². The van der Waals surface area contributed by atoms with Crippen molar-refractivity contribution in [3.63, 3.8) is 0 Å². The van der Waals surface area contributed by atoms with Gasteiger partial charge in [-0.1, -0.05) is 15.9 Å². The number of sulfonamides is 1. The summed E-state index contributed by atoms with van der Waals surface area (Å²) in [4.78, 5) is 0. The third-order valence-corrected chi connectivity index (χ3v) is 4.29. The van der Waals surface area contributed by atoms with E-state index < -0.39 is 10.0 Å². The van der Waals surface area contributed by atoms with Gasteiger partial charge in [0.15, 0.2) is 0 Å². The van der Waals surface area contributed by atoms with Gasteiger partial charge in [-0.2, -0.15) is 0 Å². The molecule has 0 radical (unpaired) electrons. The summed E-state index contributed by atoms with van der Waals surface area (Å²) in [5.41, 5.74) is 0. The molecule has 0 rings (SSSR count). The molecule has 80 valence electrons. The molecule has 0 aliphatic heterocycles. The molecule has 3 nitrogen and oxygen atoms in total. The molecule has 0 fully saturated rings. The maximum absolute atomic E-state index is 11.4. The normalized spacial score (nSPS) is 14.8. The second-order valence-corrected chi connectivity index (χ2v) is 6.51. The third-order valence-electron chi connectivity index (χ3n) is 1.76. The van der Waals surface area contributed by atoms with Gasteiger partial charge in [-0.05, 0) is 33.6 Å². The number of halogens is 1. The number of rotatable bonds is 6. The Labute approximate surface area is 89.5 Å². The van der Waals surface area contributed by atoms with Crippen LogP contribution in [0.1, 0.15) is 33.6 Å². The Morgan fingerprint density at radius 1 is 1.31 bits per heavy atom. The largest absolute Gasteiger partial charge is 0.214 e. The molecule has 1 atom stereocenters. The summed E-state index contributed by atoms with van der Waals surface area (Å²) in [5, 5.41) is 0.569. The molecule has 0 amide bonds. The summed E-state index contributed by atoms with van der Waals surface area (Å²) < 4.78 is 25.4. The molecule has 0 saturated carbocycles. The topological polar surface area (TPSA) is 46.2 Å². The standard InChI is InChI=1S/C8H18BrNO2S/c1-7(2)13(11,12)10-8(3)5-4-6-9/h7-8,10H,4-6H2,1-3H3. The summed E-state index contributed by atoms with van der Waals surface area (Å²) in [7, 11) is -3.09. The SMILES string of the molecule is CC(CCCBr)NS(=O)(=O)C(C)C. The van der Waals surface area contributed by atoms with Crippen molar-refractivity contribution in [3.05, 3.63) is 0 Å².